The number of aliphatic hydroxyl groups excluding tert-OH is 1. The molecule has 0 amide bonds. The second kappa shape index (κ2) is 10.6. The highest BCUT2D eigenvalue weighted by atomic mass is 16.5. The third-order valence-corrected chi connectivity index (χ3v) is 4.76. The maximum absolute atomic E-state index is 11.8. The smallest absolute Gasteiger partial charge is 0.337 e. The van der Waals surface area contributed by atoms with Crippen LogP contribution in [0.3, 0.4) is 0 Å². The number of nitrogens with two attached hydrogens (primary N) is 1. The van der Waals surface area contributed by atoms with Crippen LogP contribution >= 0.6 is 0 Å². The molecule has 29 heavy (non-hydrogen) atoms. The number of aromatic nitrogens is 2. The fraction of sp³-hybridized carbons (Fsp3) is 0.476. The lowest BCUT2D eigenvalue weighted by molar-refractivity contribution is 0.0600. The molecule has 0 bridgehead atoms. The van der Waals surface area contributed by atoms with Crippen LogP contribution in [0.5, 0.6) is 5.75 Å². The van der Waals surface area contributed by atoms with Gasteiger partial charge < -0.3 is 25.6 Å². The minimum absolute atomic E-state index is 0.0843. The summed E-state index contributed by atoms with van der Waals surface area (Å²) in [6.45, 7) is 4.07. The molecule has 1 atom stereocenters. The molecule has 0 aliphatic heterocycles. The largest absolute Gasteiger partial charge is 0.496 e. The molecule has 158 valence electrons. The van der Waals surface area contributed by atoms with Crippen molar-refractivity contribution < 1.29 is 19.4 Å². The average Bonchev–Trinajstić information content (AvgIpc) is 2.70. The number of hydrogen-bond acceptors (Lipinski definition) is 8. The Morgan fingerprint density at radius 2 is 2.03 bits per heavy atom. The normalized spacial score (nSPS) is 11.8. The van der Waals surface area contributed by atoms with Gasteiger partial charge in [-0.15, -0.1) is 0 Å². The molecule has 0 aliphatic carbocycles. The molecular formula is C21H30N4O4. The molecule has 1 heterocycles. The lowest BCUT2D eigenvalue weighted by Crippen LogP contribution is -2.23. The summed E-state index contributed by atoms with van der Waals surface area (Å²) in [6.07, 6.45) is 3.00. The third-order valence-electron chi connectivity index (χ3n) is 4.76. The van der Waals surface area contributed by atoms with E-state index in [9.17, 15) is 9.90 Å². The number of aliphatic hydroxyl groups is 1. The number of aryl methyl sites for hydroxylation is 1. The van der Waals surface area contributed by atoms with Gasteiger partial charge >= 0.3 is 5.97 Å². The molecule has 1 aromatic carbocycles. The summed E-state index contributed by atoms with van der Waals surface area (Å²) < 4.78 is 10.3. The number of esters is 1. The first-order chi connectivity index (χ1) is 13.9. The van der Waals surface area contributed by atoms with Crippen LogP contribution in [0.2, 0.25) is 0 Å². The molecule has 8 heteroatoms. The minimum atomic E-state index is -0.421. The zero-order valence-corrected chi connectivity index (χ0v) is 17.5. The molecule has 0 spiro atoms. The van der Waals surface area contributed by atoms with Crippen molar-refractivity contribution in [2.24, 2.45) is 0 Å². The topological polar surface area (TPSA) is 120 Å². The molecule has 0 unspecified atom stereocenters. The maximum Gasteiger partial charge on any atom is 0.337 e. The summed E-state index contributed by atoms with van der Waals surface area (Å²) in [5.74, 6) is 1.01. The summed E-state index contributed by atoms with van der Waals surface area (Å²) in [4.78, 5) is 20.5. The highest BCUT2D eigenvalue weighted by molar-refractivity contribution is 5.90. The van der Waals surface area contributed by atoms with Crippen molar-refractivity contribution in [3.05, 3.63) is 40.6 Å². The Balaban J connectivity index is 2.40. The number of nitrogens with zero attached hydrogens (tertiary/aromatic N) is 2. The number of nitrogens with one attached hydrogen (secondary N) is 1. The Morgan fingerprint density at radius 1 is 1.28 bits per heavy atom. The van der Waals surface area contributed by atoms with Gasteiger partial charge in [-0.3, -0.25) is 0 Å². The van der Waals surface area contributed by atoms with Crippen LogP contribution in [0.4, 0.5) is 11.8 Å². The molecule has 8 nitrogen and oxygen atoms in total. The lowest BCUT2D eigenvalue weighted by atomic mass is 10.0. The predicted molar refractivity (Wildman–Crippen MR) is 112 cm³/mol. The van der Waals surface area contributed by atoms with Crippen LogP contribution in [0, 0.1) is 6.92 Å². The zero-order chi connectivity index (χ0) is 21.4. The van der Waals surface area contributed by atoms with Crippen LogP contribution < -0.4 is 15.8 Å². The quantitative estimate of drug-likeness (QED) is 0.519. The van der Waals surface area contributed by atoms with Crippen molar-refractivity contribution in [1.82, 2.24) is 9.97 Å². The number of hydrogen-bond donors (Lipinski definition) is 3. The van der Waals surface area contributed by atoms with E-state index in [4.69, 9.17) is 15.2 Å². The fourth-order valence-electron chi connectivity index (χ4n) is 3.26. The van der Waals surface area contributed by atoms with Gasteiger partial charge in [-0.2, -0.15) is 4.98 Å². The first-order valence-electron chi connectivity index (χ1n) is 9.69. The maximum atomic E-state index is 11.8. The molecular weight excluding hydrogens is 372 g/mol. The number of anilines is 2. The Bertz CT molecular complexity index is 836. The Hall–Kier alpha value is -2.87. The van der Waals surface area contributed by atoms with Gasteiger partial charge in [0.05, 0.1) is 19.8 Å². The third kappa shape index (κ3) is 5.80. The Labute approximate surface area is 171 Å². The molecule has 2 rings (SSSR count). The highest BCUT2D eigenvalue weighted by Crippen LogP contribution is 2.28. The Kier molecular flexibility index (Phi) is 8.21. The van der Waals surface area contributed by atoms with Crippen LogP contribution in [0.25, 0.3) is 0 Å². The fourth-order valence-corrected chi connectivity index (χ4v) is 3.26. The lowest BCUT2D eigenvalue weighted by Gasteiger charge is -2.21. The molecule has 0 aliphatic rings. The van der Waals surface area contributed by atoms with E-state index in [0.717, 1.165) is 29.7 Å². The zero-order valence-electron chi connectivity index (χ0n) is 17.5. The van der Waals surface area contributed by atoms with Gasteiger partial charge in [0, 0.05) is 30.3 Å². The molecule has 0 radical (unpaired) electrons. The second-order valence-electron chi connectivity index (χ2n) is 6.83. The van der Waals surface area contributed by atoms with Crippen LogP contribution in [0.1, 0.15) is 53.4 Å². The van der Waals surface area contributed by atoms with Crippen molar-refractivity contribution in [2.75, 3.05) is 31.9 Å². The minimum Gasteiger partial charge on any atom is -0.496 e. The predicted octanol–water partition coefficient (Wildman–Crippen LogP) is 2.72. The van der Waals surface area contributed by atoms with Crippen molar-refractivity contribution in [2.45, 2.75) is 45.6 Å². The molecule has 1 aromatic heterocycles. The number of benzene rings is 1. The SMILES string of the molecule is CCC[C@@H](CCO)Nc1nc(N)nc(C)c1Cc1ccc(C(=O)OC)cc1OC. The van der Waals surface area contributed by atoms with Gasteiger partial charge in [0.1, 0.15) is 11.6 Å². The van der Waals surface area contributed by atoms with E-state index in [1.54, 1.807) is 19.2 Å². The van der Waals surface area contributed by atoms with Gasteiger partial charge in [0.2, 0.25) is 5.95 Å². The van der Waals surface area contributed by atoms with Crippen LogP contribution in [-0.4, -0.2) is 47.9 Å². The molecule has 0 fully saturated rings. The van der Waals surface area contributed by atoms with E-state index >= 15 is 0 Å². The number of rotatable bonds is 10. The number of nitrogen functional groups attached to an aromatic ring is 1. The van der Waals surface area contributed by atoms with Crippen LogP contribution in [-0.2, 0) is 11.2 Å². The van der Waals surface area contributed by atoms with E-state index in [1.807, 2.05) is 13.0 Å². The number of methoxy groups -OCH3 is 2. The van der Waals surface area contributed by atoms with E-state index in [0.29, 0.717) is 30.0 Å². The first-order valence-corrected chi connectivity index (χ1v) is 9.69. The molecule has 0 saturated carbocycles. The number of carbonyl (C=O) groups excluding carboxylic acids is 1. The van der Waals surface area contributed by atoms with Gasteiger partial charge in [-0.05, 0) is 37.5 Å². The van der Waals surface area contributed by atoms with Crippen molar-refractivity contribution in [3.63, 3.8) is 0 Å². The second-order valence-corrected chi connectivity index (χ2v) is 6.83. The summed E-state index contributed by atoms with van der Waals surface area (Å²) in [7, 11) is 2.90. The first kappa shape index (κ1) is 22.4. The number of carbonyl (C=O) groups is 1. The standard InChI is InChI=1S/C21H30N4O4/c1-5-6-16(9-10-26)24-19-17(13(2)23-21(22)25-19)11-14-7-8-15(20(27)29-4)12-18(14)28-3/h7-8,12,16,26H,5-6,9-11H2,1-4H3,(H3,22,23,24,25)/t16-/m0/s1. The van der Waals surface area contributed by atoms with E-state index in [-0.39, 0.29) is 18.6 Å². The highest BCUT2D eigenvalue weighted by Gasteiger charge is 2.18. The van der Waals surface area contributed by atoms with E-state index in [1.165, 1.54) is 7.11 Å². The van der Waals surface area contributed by atoms with Gasteiger partial charge in [0.25, 0.3) is 0 Å². The molecule has 2 aromatic rings. The number of ether oxygens (including phenoxy) is 2. The van der Waals surface area contributed by atoms with E-state index in [2.05, 4.69) is 22.2 Å². The summed E-state index contributed by atoms with van der Waals surface area (Å²) in [5, 5.41) is 12.8. The van der Waals surface area contributed by atoms with Gasteiger partial charge in [-0.25, -0.2) is 9.78 Å². The van der Waals surface area contributed by atoms with E-state index < -0.39 is 5.97 Å². The van der Waals surface area contributed by atoms with Crippen molar-refractivity contribution in [1.29, 1.82) is 0 Å². The van der Waals surface area contributed by atoms with Crippen molar-refractivity contribution >= 4 is 17.7 Å². The van der Waals surface area contributed by atoms with Crippen molar-refractivity contribution in [3.8, 4) is 5.75 Å². The van der Waals surface area contributed by atoms with Gasteiger partial charge in [0.15, 0.2) is 0 Å². The summed E-state index contributed by atoms with van der Waals surface area (Å²) >= 11 is 0. The molecule has 4 N–H and O–H groups in total. The molecule has 0 saturated heterocycles. The monoisotopic (exact) mass is 402 g/mol. The summed E-state index contributed by atoms with van der Waals surface area (Å²) in [6, 6.07) is 5.28. The Morgan fingerprint density at radius 3 is 2.66 bits per heavy atom. The average molecular weight is 402 g/mol. The summed E-state index contributed by atoms with van der Waals surface area (Å²) in [5.41, 5.74) is 8.84. The van der Waals surface area contributed by atoms with Gasteiger partial charge in [-0.1, -0.05) is 19.4 Å². The van der Waals surface area contributed by atoms with Crippen LogP contribution in [0.15, 0.2) is 18.2 Å².